The zero-order valence-corrected chi connectivity index (χ0v) is 19.3. The van der Waals surface area contributed by atoms with Gasteiger partial charge in [0.15, 0.2) is 5.76 Å². The van der Waals surface area contributed by atoms with Gasteiger partial charge in [-0.25, -0.2) is 0 Å². The minimum atomic E-state index is -0.522. The number of aliphatic hydroxyl groups is 2. The molecule has 178 valence electrons. The number of likely N-dealkylation sites (tertiary alicyclic amines) is 1. The molecule has 1 amide bonds. The zero-order chi connectivity index (χ0) is 24.4. The highest BCUT2D eigenvalue weighted by Gasteiger charge is 2.29. The molecule has 1 saturated heterocycles. The third-order valence-electron chi connectivity index (χ3n) is 6.05. The maximum Gasteiger partial charge on any atom is 0.254 e. The first kappa shape index (κ1) is 22.7. The van der Waals surface area contributed by atoms with Crippen LogP contribution < -0.4 is 5.32 Å². The summed E-state index contributed by atoms with van der Waals surface area (Å²) in [5.74, 6) is 6.85. The maximum absolute atomic E-state index is 12.3. The fourth-order valence-corrected chi connectivity index (χ4v) is 4.06. The summed E-state index contributed by atoms with van der Waals surface area (Å²) >= 11 is 0. The number of nitrogens with zero attached hydrogens (tertiary/aromatic N) is 3. The molecule has 35 heavy (non-hydrogen) atoms. The summed E-state index contributed by atoms with van der Waals surface area (Å²) in [7, 11) is 0. The van der Waals surface area contributed by atoms with E-state index in [1.165, 1.54) is 0 Å². The van der Waals surface area contributed by atoms with Gasteiger partial charge >= 0.3 is 0 Å². The van der Waals surface area contributed by atoms with Crippen LogP contribution in [0.25, 0.3) is 11.3 Å². The number of carbonyl (C=O) groups excluding carboxylic acids is 1. The number of aromatic nitrogens is 1. The molecule has 2 aliphatic heterocycles. The van der Waals surface area contributed by atoms with E-state index in [1.54, 1.807) is 24.0 Å². The Morgan fingerprint density at radius 3 is 2.43 bits per heavy atom. The molecule has 1 aromatic heterocycles. The van der Waals surface area contributed by atoms with E-state index < -0.39 is 12.2 Å². The van der Waals surface area contributed by atoms with Gasteiger partial charge in [-0.2, -0.15) is 0 Å². The fraction of sp³-hybridized carbons (Fsp3) is 0.259. The topological polar surface area (TPSA) is 102 Å². The summed E-state index contributed by atoms with van der Waals surface area (Å²) < 4.78 is 5.53. The van der Waals surface area contributed by atoms with Crippen molar-refractivity contribution in [2.24, 2.45) is 0 Å². The molecule has 3 heterocycles. The van der Waals surface area contributed by atoms with Crippen molar-refractivity contribution in [1.29, 1.82) is 0 Å². The van der Waals surface area contributed by atoms with Crippen molar-refractivity contribution in [3.8, 4) is 23.2 Å². The van der Waals surface area contributed by atoms with E-state index in [4.69, 9.17) is 4.52 Å². The molecule has 0 saturated carbocycles. The molecular weight excluding hydrogens is 444 g/mol. The van der Waals surface area contributed by atoms with Crippen molar-refractivity contribution >= 4 is 5.91 Å². The Hall–Kier alpha value is -4.06. The molecule has 2 aliphatic rings. The minimum Gasteiger partial charge on any atom is -0.389 e. The van der Waals surface area contributed by atoms with Gasteiger partial charge in [-0.05, 0) is 55.5 Å². The van der Waals surface area contributed by atoms with Crippen LogP contribution in [0.4, 0.5) is 0 Å². The van der Waals surface area contributed by atoms with Crippen LogP contribution in [0.1, 0.15) is 34.1 Å². The molecule has 8 heteroatoms. The Morgan fingerprint density at radius 2 is 1.80 bits per heavy atom. The molecule has 3 N–H and O–H groups in total. The molecule has 0 aliphatic carbocycles. The van der Waals surface area contributed by atoms with E-state index in [0.717, 1.165) is 22.4 Å². The Bertz CT molecular complexity index is 1280. The molecule has 0 radical (unpaired) electrons. The Morgan fingerprint density at radius 1 is 1.14 bits per heavy atom. The monoisotopic (exact) mass is 470 g/mol. The number of aliphatic hydroxyl groups excluding tert-OH is 2. The highest BCUT2D eigenvalue weighted by Crippen LogP contribution is 2.23. The van der Waals surface area contributed by atoms with Gasteiger partial charge in [0.1, 0.15) is 11.9 Å². The largest absolute Gasteiger partial charge is 0.389 e. The van der Waals surface area contributed by atoms with Crippen LogP contribution in [0.3, 0.4) is 0 Å². The van der Waals surface area contributed by atoms with E-state index in [1.807, 2.05) is 59.8 Å². The van der Waals surface area contributed by atoms with Gasteiger partial charge in [0, 0.05) is 53.8 Å². The number of hydrogen-bond acceptors (Lipinski definition) is 7. The van der Waals surface area contributed by atoms with Crippen LogP contribution in [0.2, 0.25) is 0 Å². The number of amides is 1. The highest BCUT2D eigenvalue weighted by molar-refractivity contribution is 5.94. The molecule has 2 atom stereocenters. The Kier molecular flexibility index (Phi) is 6.27. The number of nitrogens with one attached hydrogen (secondary N) is 1. The molecule has 5 rings (SSSR count). The number of hydrogen-bond donors (Lipinski definition) is 3. The average molecular weight is 471 g/mol. The summed E-state index contributed by atoms with van der Waals surface area (Å²) in [6.45, 7) is 3.05. The number of β-amino-alcohol motifs (C(OH)–C–C–N with tert-alkyl or cyclic N) is 1. The lowest BCUT2D eigenvalue weighted by molar-refractivity contribution is 0.00589. The second kappa shape index (κ2) is 9.66. The predicted molar refractivity (Wildman–Crippen MR) is 130 cm³/mol. The minimum absolute atomic E-state index is 0.0719. The van der Waals surface area contributed by atoms with Gasteiger partial charge in [0.2, 0.25) is 0 Å². The van der Waals surface area contributed by atoms with Gasteiger partial charge in [-0.3, -0.25) is 4.79 Å². The molecule has 8 nitrogen and oxygen atoms in total. The second-order valence-electron chi connectivity index (χ2n) is 8.79. The lowest BCUT2D eigenvalue weighted by atomic mass is 10.1. The van der Waals surface area contributed by atoms with Crippen molar-refractivity contribution < 1.29 is 19.5 Å². The quantitative estimate of drug-likeness (QED) is 0.491. The van der Waals surface area contributed by atoms with E-state index in [9.17, 15) is 15.0 Å². The Labute approximate surface area is 203 Å². The van der Waals surface area contributed by atoms with Crippen molar-refractivity contribution in [3.05, 3.63) is 89.4 Å². The molecule has 0 bridgehead atoms. The second-order valence-corrected chi connectivity index (χ2v) is 8.79. The summed E-state index contributed by atoms with van der Waals surface area (Å²) in [5, 5.41) is 26.5. The summed E-state index contributed by atoms with van der Waals surface area (Å²) in [6.07, 6.45) is 2.59. The fourth-order valence-electron chi connectivity index (χ4n) is 4.06. The number of carbonyl (C=O) groups is 1. The predicted octanol–water partition coefficient (Wildman–Crippen LogP) is 2.14. The summed E-state index contributed by atoms with van der Waals surface area (Å²) in [4.78, 5) is 15.9. The van der Waals surface area contributed by atoms with Crippen LogP contribution in [-0.2, 0) is 6.54 Å². The first-order chi connectivity index (χ1) is 17.0. The van der Waals surface area contributed by atoms with E-state index >= 15 is 0 Å². The van der Waals surface area contributed by atoms with Gasteiger partial charge in [0.05, 0.1) is 18.8 Å². The number of rotatable bonds is 5. The highest BCUT2D eigenvalue weighted by atomic mass is 16.5. The van der Waals surface area contributed by atoms with Gasteiger partial charge in [-0.1, -0.05) is 17.0 Å². The number of benzene rings is 2. The van der Waals surface area contributed by atoms with Crippen LogP contribution >= 0.6 is 0 Å². The SMILES string of the molecule is C[C@H](O)C1NC=CN1Cc1cc(-c2ccc(C#Cc3ccc(C(=O)N4CC(O)C4)cc3)cc2)on1. The lowest BCUT2D eigenvalue weighted by Crippen LogP contribution is -2.53. The van der Waals surface area contributed by atoms with Crippen molar-refractivity contribution in [1.82, 2.24) is 20.3 Å². The van der Waals surface area contributed by atoms with Gasteiger partial charge in [0.25, 0.3) is 5.91 Å². The smallest absolute Gasteiger partial charge is 0.254 e. The van der Waals surface area contributed by atoms with Crippen LogP contribution in [-0.4, -0.2) is 62.5 Å². The molecule has 1 unspecified atom stereocenters. The molecule has 2 aromatic carbocycles. The maximum atomic E-state index is 12.3. The molecule has 1 fully saturated rings. The van der Waals surface area contributed by atoms with Crippen molar-refractivity contribution in [2.75, 3.05) is 13.1 Å². The average Bonchev–Trinajstić information content (AvgIpc) is 3.51. The molecule has 0 spiro atoms. The lowest BCUT2D eigenvalue weighted by Gasteiger charge is -2.35. The molecular formula is C27H26N4O4. The van der Waals surface area contributed by atoms with Crippen LogP contribution in [0.5, 0.6) is 0 Å². The van der Waals surface area contributed by atoms with E-state index in [2.05, 4.69) is 22.3 Å². The van der Waals surface area contributed by atoms with Gasteiger partial charge in [-0.15, -0.1) is 0 Å². The van der Waals surface area contributed by atoms with Crippen molar-refractivity contribution in [2.45, 2.75) is 31.8 Å². The third kappa shape index (κ3) is 5.06. The van der Waals surface area contributed by atoms with Gasteiger partial charge < -0.3 is 29.9 Å². The summed E-state index contributed by atoms with van der Waals surface area (Å²) in [6, 6.07) is 16.8. The Balaban J connectivity index is 1.20. The standard InChI is InChI=1S/C27H26N4O4/c1-18(32)26-28-12-13-30(26)15-23-14-25(35-29-23)21-8-4-19(5-9-21)2-3-20-6-10-22(11-7-20)27(34)31-16-24(33)17-31/h4-14,18,24,26,28,32-33H,15-17H2,1H3/t18-,26?/m0/s1. The van der Waals surface area contributed by atoms with Crippen LogP contribution in [0.15, 0.2) is 71.5 Å². The third-order valence-corrected chi connectivity index (χ3v) is 6.05. The first-order valence-electron chi connectivity index (χ1n) is 11.5. The normalized spacial score (nSPS) is 18.0. The van der Waals surface area contributed by atoms with E-state index in [-0.39, 0.29) is 12.1 Å². The van der Waals surface area contributed by atoms with Crippen LogP contribution in [0, 0.1) is 11.8 Å². The van der Waals surface area contributed by atoms with Crippen molar-refractivity contribution in [3.63, 3.8) is 0 Å². The zero-order valence-electron chi connectivity index (χ0n) is 19.3. The first-order valence-corrected chi connectivity index (χ1v) is 11.5. The van der Waals surface area contributed by atoms with E-state index in [0.29, 0.717) is 31.0 Å². The summed E-state index contributed by atoms with van der Waals surface area (Å²) in [5.41, 5.74) is 3.94. The molecule has 3 aromatic rings.